The van der Waals surface area contributed by atoms with Gasteiger partial charge in [0.1, 0.15) is 0 Å². The van der Waals surface area contributed by atoms with Crippen LogP contribution in [0.4, 0.5) is 11.4 Å². The van der Waals surface area contributed by atoms with Crippen LogP contribution in [0.15, 0.2) is 78.9 Å². The second-order valence-electron chi connectivity index (χ2n) is 5.59. The first kappa shape index (κ1) is 16.4. The van der Waals surface area contributed by atoms with E-state index in [0.29, 0.717) is 5.69 Å². The van der Waals surface area contributed by atoms with Crippen molar-refractivity contribution in [1.29, 1.82) is 0 Å². The molecular weight excluding hydrogens is 316 g/mol. The number of carbonyl (C=O) groups excluding carboxylic acids is 1. The van der Waals surface area contributed by atoms with Crippen LogP contribution < -0.4 is 5.32 Å². The number of carbonyl (C=O) groups is 1. The third-order valence-corrected chi connectivity index (χ3v) is 3.79. The molecule has 0 aromatic heterocycles. The van der Waals surface area contributed by atoms with Gasteiger partial charge in [0.25, 0.3) is 5.69 Å². The van der Waals surface area contributed by atoms with Gasteiger partial charge < -0.3 is 5.32 Å². The summed E-state index contributed by atoms with van der Waals surface area (Å²) in [5, 5.41) is 13.5. The molecule has 0 unspecified atom stereocenters. The number of hydrogen-bond acceptors (Lipinski definition) is 3. The van der Waals surface area contributed by atoms with Gasteiger partial charge in [0.2, 0.25) is 5.91 Å². The predicted octanol–water partition coefficient (Wildman–Crippen LogP) is 4.44. The Morgan fingerprint density at radius 3 is 2.04 bits per heavy atom. The number of anilines is 1. The minimum absolute atomic E-state index is 0.0145. The topological polar surface area (TPSA) is 72.2 Å². The quantitative estimate of drug-likeness (QED) is 0.554. The molecule has 3 rings (SSSR count). The number of rotatable bonds is 5. The third kappa shape index (κ3) is 4.29. The van der Waals surface area contributed by atoms with Crippen LogP contribution in [-0.4, -0.2) is 10.8 Å². The highest BCUT2D eigenvalue weighted by Gasteiger charge is 2.08. The van der Waals surface area contributed by atoms with Crippen LogP contribution in [0.1, 0.15) is 5.56 Å². The number of hydrogen-bond donors (Lipinski definition) is 1. The van der Waals surface area contributed by atoms with Gasteiger partial charge in [-0.15, -0.1) is 0 Å². The number of nitro benzene ring substituents is 1. The van der Waals surface area contributed by atoms with E-state index in [1.54, 1.807) is 12.1 Å². The molecule has 1 N–H and O–H groups in total. The number of nitrogens with zero attached hydrogens (tertiary/aromatic N) is 1. The van der Waals surface area contributed by atoms with E-state index in [-0.39, 0.29) is 18.0 Å². The first-order chi connectivity index (χ1) is 12.1. The van der Waals surface area contributed by atoms with Crippen molar-refractivity contribution in [1.82, 2.24) is 0 Å². The van der Waals surface area contributed by atoms with Gasteiger partial charge in [0.15, 0.2) is 0 Å². The number of non-ortho nitro benzene ring substituents is 1. The van der Waals surface area contributed by atoms with Crippen LogP contribution in [0.5, 0.6) is 0 Å². The molecule has 3 aromatic rings. The summed E-state index contributed by atoms with van der Waals surface area (Å²) in [5.41, 5.74) is 3.65. The Morgan fingerprint density at radius 2 is 1.44 bits per heavy atom. The molecule has 5 nitrogen and oxygen atoms in total. The first-order valence-corrected chi connectivity index (χ1v) is 7.80. The van der Waals surface area contributed by atoms with Gasteiger partial charge in [0.05, 0.1) is 11.3 Å². The van der Waals surface area contributed by atoms with Crippen LogP contribution in [0.2, 0.25) is 0 Å². The smallest absolute Gasteiger partial charge is 0.269 e. The van der Waals surface area contributed by atoms with Crippen molar-refractivity contribution in [3.05, 3.63) is 94.5 Å². The summed E-state index contributed by atoms with van der Waals surface area (Å²) in [6.07, 6.45) is 0.165. The lowest BCUT2D eigenvalue weighted by Gasteiger charge is -2.07. The standard InChI is InChI=1S/C20H16N2O3/c23-20(14-15-6-12-19(13-7-15)22(24)25)21-18-10-8-17(9-11-18)16-4-2-1-3-5-16/h1-13H,14H2,(H,21,23). The van der Waals surface area contributed by atoms with E-state index in [0.717, 1.165) is 16.7 Å². The van der Waals surface area contributed by atoms with Crippen molar-refractivity contribution in [2.75, 3.05) is 5.32 Å². The molecule has 0 bridgehead atoms. The largest absolute Gasteiger partial charge is 0.326 e. The van der Waals surface area contributed by atoms with Gasteiger partial charge in [-0.3, -0.25) is 14.9 Å². The Balaban J connectivity index is 1.62. The molecule has 5 heteroatoms. The average Bonchev–Trinajstić information content (AvgIpc) is 2.63. The Labute approximate surface area is 145 Å². The SMILES string of the molecule is O=C(Cc1ccc([N+](=O)[O-])cc1)Nc1ccc(-c2ccccc2)cc1. The molecule has 1 amide bonds. The monoisotopic (exact) mass is 332 g/mol. The van der Waals surface area contributed by atoms with Gasteiger partial charge in [-0.25, -0.2) is 0 Å². The second-order valence-corrected chi connectivity index (χ2v) is 5.59. The van der Waals surface area contributed by atoms with E-state index in [9.17, 15) is 14.9 Å². The molecule has 0 aliphatic carbocycles. The van der Waals surface area contributed by atoms with Crippen molar-refractivity contribution in [3.63, 3.8) is 0 Å². The van der Waals surface area contributed by atoms with Crippen molar-refractivity contribution in [2.24, 2.45) is 0 Å². The van der Waals surface area contributed by atoms with Gasteiger partial charge in [0, 0.05) is 17.8 Å². The molecule has 0 spiro atoms. The Bertz CT molecular complexity index is 873. The second kappa shape index (κ2) is 7.40. The average molecular weight is 332 g/mol. The van der Waals surface area contributed by atoms with E-state index < -0.39 is 4.92 Å². The van der Waals surface area contributed by atoms with E-state index in [1.165, 1.54) is 12.1 Å². The van der Waals surface area contributed by atoms with Gasteiger partial charge >= 0.3 is 0 Å². The lowest BCUT2D eigenvalue weighted by molar-refractivity contribution is -0.384. The molecule has 0 aliphatic rings. The summed E-state index contributed by atoms with van der Waals surface area (Å²) in [6.45, 7) is 0. The minimum Gasteiger partial charge on any atom is -0.326 e. The summed E-state index contributed by atoms with van der Waals surface area (Å²) in [4.78, 5) is 22.3. The lowest BCUT2D eigenvalue weighted by atomic mass is 10.1. The zero-order valence-corrected chi connectivity index (χ0v) is 13.4. The predicted molar refractivity (Wildman–Crippen MR) is 97.3 cm³/mol. The van der Waals surface area contributed by atoms with Crippen molar-refractivity contribution in [3.8, 4) is 11.1 Å². The van der Waals surface area contributed by atoms with E-state index in [1.807, 2.05) is 54.6 Å². The number of nitrogens with one attached hydrogen (secondary N) is 1. The number of benzene rings is 3. The zero-order chi connectivity index (χ0) is 17.6. The maximum Gasteiger partial charge on any atom is 0.269 e. The van der Waals surface area contributed by atoms with Crippen LogP contribution >= 0.6 is 0 Å². The summed E-state index contributed by atoms with van der Waals surface area (Å²) in [6, 6.07) is 23.6. The first-order valence-electron chi connectivity index (χ1n) is 7.80. The zero-order valence-electron chi connectivity index (χ0n) is 13.4. The Kier molecular flexibility index (Phi) is 4.85. The fraction of sp³-hybridized carbons (Fsp3) is 0.0500. The maximum absolute atomic E-state index is 12.1. The highest BCUT2D eigenvalue weighted by Crippen LogP contribution is 2.21. The molecule has 3 aromatic carbocycles. The van der Waals surface area contributed by atoms with E-state index >= 15 is 0 Å². The van der Waals surface area contributed by atoms with Gasteiger partial charge in [-0.1, -0.05) is 54.6 Å². The van der Waals surface area contributed by atoms with E-state index in [4.69, 9.17) is 0 Å². The molecule has 0 aliphatic heterocycles. The summed E-state index contributed by atoms with van der Waals surface area (Å²) in [7, 11) is 0. The molecule has 0 atom stereocenters. The molecule has 0 fully saturated rings. The van der Waals surface area contributed by atoms with Crippen LogP contribution in [0, 0.1) is 10.1 Å². The van der Waals surface area contributed by atoms with Gasteiger partial charge in [-0.2, -0.15) is 0 Å². The van der Waals surface area contributed by atoms with Gasteiger partial charge in [-0.05, 0) is 28.8 Å². The highest BCUT2D eigenvalue weighted by atomic mass is 16.6. The van der Waals surface area contributed by atoms with Crippen LogP contribution in [-0.2, 0) is 11.2 Å². The molecule has 25 heavy (non-hydrogen) atoms. The molecular formula is C20H16N2O3. The molecule has 0 saturated carbocycles. The molecule has 0 heterocycles. The normalized spacial score (nSPS) is 10.2. The van der Waals surface area contributed by atoms with E-state index in [2.05, 4.69) is 5.32 Å². The van der Waals surface area contributed by atoms with Crippen molar-refractivity contribution >= 4 is 17.3 Å². The minimum atomic E-state index is -0.460. The third-order valence-electron chi connectivity index (χ3n) is 3.79. The molecule has 0 radical (unpaired) electrons. The lowest BCUT2D eigenvalue weighted by Crippen LogP contribution is -2.14. The van der Waals surface area contributed by atoms with Crippen LogP contribution in [0.3, 0.4) is 0 Å². The molecule has 0 saturated heterocycles. The Morgan fingerprint density at radius 1 is 0.840 bits per heavy atom. The Hall–Kier alpha value is -3.47. The molecule has 124 valence electrons. The van der Waals surface area contributed by atoms with Crippen molar-refractivity contribution < 1.29 is 9.72 Å². The number of amides is 1. The fourth-order valence-corrected chi connectivity index (χ4v) is 2.50. The fourth-order valence-electron chi connectivity index (χ4n) is 2.50. The van der Waals surface area contributed by atoms with Crippen molar-refractivity contribution in [2.45, 2.75) is 6.42 Å². The number of nitro groups is 1. The summed E-state index contributed by atoms with van der Waals surface area (Å²) >= 11 is 0. The summed E-state index contributed by atoms with van der Waals surface area (Å²) < 4.78 is 0. The maximum atomic E-state index is 12.1. The summed E-state index contributed by atoms with van der Waals surface area (Å²) in [5.74, 6) is -0.165. The van der Waals surface area contributed by atoms with Crippen LogP contribution in [0.25, 0.3) is 11.1 Å². The highest BCUT2D eigenvalue weighted by molar-refractivity contribution is 5.92.